The average Bonchev–Trinajstić information content (AvgIpc) is 2.64. The molecule has 1 saturated heterocycles. The molecule has 4 nitrogen and oxygen atoms in total. The fraction of sp³-hybridized carbons (Fsp3) is 0.381. The Morgan fingerprint density at radius 2 is 1.92 bits per heavy atom. The van der Waals surface area contributed by atoms with Crippen molar-refractivity contribution in [3.05, 3.63) is 60.2 Å². The second-order valence-electron chi connectivity index (χ2n) is 6.50. The van der Waals surface area contributed by atoms with Gasteiger partial charge in [-0.2, -0.15) is 0 Å². The standard InChI is InChI=1S/C21H25NO3/c1-2-19(22-14-7-6-13-20(22)21(23)24)16-9-8-12-18(15-16)25-17-10-4-3-5-11-17/h3-5,8-12,15,19-20H,2,6-7,13-14H2,1H3,(H,23,24). The molecule has 132 valence electrons. The molecule has 0 amide bonds. The van der Waals surface area contributed by atoms with E-state index < -0.39 is 12.0 Å². The molecule has 1 N–H and O–H groups in total. The van der Waals surface area contributed by atoms with Crippen molar-refractivity contribution in [3.63, 3.8) is 0 Å². The zero-order valence-electron chi connectivity index (χ0n) is 14.6. The van der Waals surface area contributed by atoms with Crippen molar-refractivity contribution < 1.29 is 14.6 Å². The highest BCUT2D eigenvalue weighted by Crippen LogP contribution is 2.33. The van der Waals surface area contributed by atoms with Crippen LogP contribution in [0.25, 0.3) is 0 Å². The number of nitrogens with zero attached hydrogens (tertiary/aromatic N) is 1. The van der Waals surface area contributed by atoms with Crippen LogP contribution in [0.2, 0.25) is 0 Å². The summed E-state index contributed by atoms with van der Waals surface area (Å²) in [7, 11) is 0. The topological polar surface area (TPSA) is 49.8 Å². The molecule has 3 rings (SSSR count). The van der Waals surface area contributed by atoms with Gasteiger partial charge < -0.3 is 9.84 Å². The Bertz CT molecular complexity index is 701. The highest BCUT2D eigenvalue weighted by molar-refractivity contribution is 5.73. The van der Waals surface area contributed by atoms with Crippen LogP contribution in [0, 0.1) is 0 Å². The maximum absolute atomic E-state index is 11.7. The molecule has 2 unspecified atom stereocenters. The van der Waals surface area contributed by atoms with E-state index in [0.29, 0.717) is 0 Å². The summed E-state index contributed by atoms with van der Waals surface area (Å²) in [6.07, 6.45) is 3.64. The number of piperidine rings is 1. The van der Waals surface area contributed by atoms with Crippen LogP contribution in [0.4, 0.5) is 0 Å². The molecule has 0 bridgehead atoms. The van der Waals surface area contributed by atoms with Crippen molar-refractivity contribution in [2.75, 3.05) is 6.54 Å². The lowest BCUT2D eigenvalue weighted by atomic mass is 9.95. The lowest BCUT2D eigenvalue weighted by Gasteiger charge is -2.39. The molecule has 0 saturated carbocycles. The van der Waals surface area contributed by atoms with Crippen LogP contribution in [-0.4, -0.2) is 28.6 Å². The first-order valence-corrected chi connectivity index (χ1v) is 9.00. The predicted molar refractivity (Wildman–Crippen MR) is 98.0 cm³/mol. The number of aliphatic carboxylic acids is 1. The van der Waals surface area contributed by atoms with E-state index in [2.05, 4.69) is 17.9 Å². The largest absolute Gasteiger partial charge is 0.480 e. The molecule has 1 aliphatic heterocycles. The summed E-state index contributed by atoms with van der Waals surface area (Å²) in [6.45, 7) is 2.95. The summed E-state index contributed by atoms with van der Waals surface area (Å²) in [5.41, 5.74) is 1.11. The molecular formula is C21H25NO3. The summed E-state index contributed by atoms with van der Waals surface area (Å²) >= 11 is 0. The van der Waals surface area contributed by atoms with Crippen LogP contribution < -0.4 is 4.74 Å². The predicted octanol–water partition coefficient (Wildman–Crippen LogP) is 4.87. The van der Waals surface area contributed by atoms with Crippen LogP contribution in [0.3, 0.4) is 0 Å². The van der Waals surface area contributed by atoms with Crippen molar-refractivity contribution in [3.8, 4) is 11.5 Å². The van der Waals surface area contributed by atoms with Crippen molar-refractivity contribution >= 4 is 5.97 Å². The molecule has 25 heavy (non-hydrogen) atoms. The maximum Gasteiger partial charge on any atom is 0.320 e. The van der Waals surface area contributed by atoms with Gasteiger partial charge in [0, 0.05) is 6.04 Å². The van der Waals surface area contributed by atoms with E-state index in [4.69, 9.17) is 4.74 Å². The van der Waals surface area contributed by atoms with E-state index in [0.717, 1.165) is 49.3 Å². The zero-order valence-corrected chi connectivity index (χ0v) is 14.6. The Morgan fingerprint density at radius 1 is 1.16 bits per heavy atom. The molecule has 0 aromatic heterocycles. The second kappa shape index (κ2) is 8.17. The lowest BCUT2D eigenvalue weighted by Crippen LogP contribution is -2.46. The van der Waals surface area contributed by atoms with Gasteiger partial charge in [0.25, 0.3) is 0 Å². The average molecular weight is 339 g/mol. The number of para-hydroxylation sites is 1. The first kappa shape index (κ1) is 17.5. The summed E-state index contributed by atoms with van der Waals surface area (Å²) < 4.78 is 5.94. The molecule has 2 aromatic carbocycles. The fourth-order valence-corrected chi connectivity index (χ4v) is 3.66. The minimum Gasteiger partial charge on any atom is -0.480 e. The Kier molecular flexibility index (Phi) is 5.71. The van der Waals surface area contributed by atoms with Crippen LogP contribution >= 0.6 is 0 Å². The third kappa shape index (κ3) is 4.20. The van der Waals surface area contributed by atoms with E-state index in [1.807, 2.05) is 48.5 Å². The minimum absolute atomic E-state index is 0.0979. The lowest BCUT2D eigenvalue weighted by molar-refractivity contribution is -0.146. The van der Waals surface area contributed by atoms with Crippen LogP contribution in [0.5, 0.6) is 11.5 Å². The highest BCUT2D eigenvalue weighted by atomic mass is 16.5. The van der Waals surface area contributed by atoms with Gasteiger partial charge in [-0.1, -0.05) is 43.7 Å². The number of hydrogen-bond donors (Lipinski definition) is 1. The third-order valence-corrected chi connectivity index (χ3v) is 4.84. The minimum atomic E-state index is -0.713. The second-order valence-corrected chi connectivity index (χ2v) is 6.50. The van der Waals surface area contributed by atoms with E-state index in [-0.39, 0.29) is 6.04 Å². The summed E-state index contributed by atoms with van der Waals surface area (Å²) in [6, 6.07) is 17.4. The molecule has 2 atom stereocenters. The number of rotatable bonds is 6. The Balaban J connectivity index is 1.83. The van der Waals surface area contributed by atoms with Gasteiger partial charge in [0.05, 0.1) is 0 Å². The van der Waals surface area contributed by atoms with E-state index in [1.54, 1.807) is 0 Å². The Morgan fingerprint density at radius 3 is 2.64 bits per heavy atom. The SMILES string of the molecule is CCC(c1cccc(Oc2ccccc2)c1)N1CCCCC1C(=O)O. The van der Waals surface area contributed by atoms with Gasteiger partial charge in [-0.3, -0.25) is 9.69 Å². The summed E-state index contributed by atoms with van der Waals surface area (Å²) in [4.78, 5) is 13.8. The maximum atomic E-state index is 11.7. The van der Waals surface area contributed by atoms with Crippen molar-refractivity contribution in [1.29, 1.82) is 0 Å². The molecule has 4 heteroatoms. The smallest absolute Gasteiger partial charge is 0.320 e. The van der Waals surface area contributed by atoms with Gasteiger partial charge in [-0.25, -0.2) is 0 Å². The zero-order chi connectivity index (χ0) is 17.6. The first-order valence-electron chi connectivity index (χ1n) is 9.00. The quantitative estimate of drug-likeness (QED) is 0.816. The molecule has 1 aliphatic rings. The van der Waals surface area contributed by atoms with E-state index in [1.165, 1.54) is 0 Å². The van der Waals surface area contributed by atoms with E-state index >= 15 is 0 Å². The van der Waals surface area contributed by atoms with Crippen LogP contribution in [0.1, 0.15) is 44.2 Å². The number of hydrogen-bond acceptors (Lipinski definition) is 3. The molecular weight excluding hydrogens is 314 g/mol. The number of carbonyl (C=O) groups is 1. The van der Waals surface area contributed by atoms with Gasteiger partial charge in [0.15, 0.2) is 0 Å². The number of carboxylic acids is 1. The molecule has 0 radical (unpaired) electrons. The summed E-state index contributed by atoms with van der Waals surface area (Å²) in [5, 5.41) is 9.58. The molecule has 2 aromatic rings. The van der Waals surface area contributed by atoms with Gasteiger partial charge >= 0.3 is 5.97 Å². The molecule has 0 spiro atoms. The van der Waals surface area contributed by atoms with Gasteiger partial charge in [0.2, 0.25) is 0 Å². The van der Waals surface area contributed by atoms with Crippen LogP contribution in [-0.2, 0) is 4.79 Å². The number of benzene rings is 2. The van der Waals surface area contributed by atoms with Crippen LogP contribution in [0.15, 0.2) is 54.6 Å². The van der Waals surface area contributed by atoms with Crippen molar-refractivity contribution in [1.82, 2.24) is 4.90 Å². The highest BCUT2D eigenvalue weighted by Gasteiger charge is 2.33. The van der Waals surface area contributed by atoms with Gasteiger partial charge in [-0.05, 0) is 55.6 Å². The molecule has 1 fully saturated rings. The van der Waals surface area contributed by atoms with Crippen molar-refractivity contribution in [2.45, 2.75) is 44.7 Å². The Hall–Kier alpha value is -2.33. The van der Waals surface area contributed by atoms with Gasteiger partial charge in [-0.15, -0.1) is 0 Å². The monoisotopic (exact) mass is 339 g/mol. The Labute approximate surface area is 149 Å². The molecule has 0 aliphatic carbocycles. The van der Waals surface area contributed by atoms with Crippen molar-refractivity contribution in [2.24, 2.45) is 0 Å². The third-order valence-electron chi connectivity index (χ3n) is 4.84. The fourth-order valence-electron chi connectivity index (χ4n) is 3.66. The molecule has 1 heterocycles. The number of ether oxygens (including phenoxy) is 1. The van der Waals surface area contributed by atoms with E-state index in [9.17, 15) is 9.90 Å². The normalized spacial score (nSPS) is 19.3. The first-order chi connectivity index (χ1) is 12.2. The number of likely N-dealkylation sites (tertiary alicyclic amines) is 1. The van der Waals surface area contributed by atoms with Gasteiger partial charge in [0.1, 0.15) is 17.5 Å². The summed E-state index contributed by atoms with van der Waals surface area (Å²) in [5.74, 6) is 0.870. The number of carboxylic acid groups (broad SMARTS) is 1.